The summed E-state index contributed by atoms with van der Waals surface area (Å²) < 4.78 is 0.501. The zero-order chi connectivity index (χ0) is 15.5. The van der Waals surface area contributed by atoms with Crippen molar-refractivity contribution in [2.75, 3.05) is 16.4 Å². The summed E-state index contributed by atoms with van der Waals surface area (Å²) in [6.45, 7) is 0. The first-order valence-corrected chi connectivity index (χ1v) is 6.18. The van der Waals surface area contributed by atoms with Gasteiger partial charge < -0.3 is 11.1 Å². The Bertz CT molecular complexity index is 893. The molecule has 0 atom stereocenters. The van der Waals surface area contributed by atoms with Crippen LogP contribution in [0.1, 0.15) is 0 Å². The second-order valence-corrected chi connectivity index (χ2v) is 4.28. The molecular formula is C12H11N8O2+. The van der Waals surface area contributed by atoms with Gasteiger partial charge in [0.1, 0.15) is 5.52 Å². The maximum atomic E-state index is 11.8. The van der Waals surface area contributed by atoms with E-state index >= 15 is 0 Å². The normalized spacial score (nSPS) is 10.4. The van der Waals surface area contributed by atoms with Crippen LogP contribution < -0.4 is 20.9 Å². The summed E-state index contributed by atoms with van der Waals surface area (Å²) in [7, 11) is 0. The topological polar surface area (TPSA) is 145 Å². The maximum Gasteiger partial charge on any atom is 0.324 e. The van der Waals surface area contributed by atoms with Crippen molar-refractivity contribution in [2.45, 2.75) is 0 Å². The molecular weight excluding hydrogens is 288 g/mol. The van der Waals surface area contributed by atoms with Crippen molar-refractivity contribution in [1.82, 2.24) is 20.1 Å². The van der Waals surface area contributed by atoms with Crippen molar-refractivity contribution in [2.24, 2.45) is 0 Å². The maximum absolute atomic E-state index is 11.8. The van der Waals surface area contributed by atoms with Crippen LogP contribution in [-0.2, 0) is 0 Å². The first kappa shape index (κ1) is 13.4. The number of nitrogens with zero attached hydrogens (tertiary/aromatic N) is 4. The number of hydrogen-bond acceptors (Lipinski definition) is 6. The molecule has 10 heteroatoms. The van der Waals surface area contributed by atoms with Gasteiger partial charge in [-0.2, -0.15) is 0 Å². The Morgan fingerprint density at radius 3 is 2.91 bits per heavy atom. The number of rotatable bonds is 2. The van der Waals surface area contributed by atoms with Gasteiger partial charge in [0.25, 0.3) is 5.95 Å². The van der Waals surface area contributed by atoms with Crippen molar-refractivity contribution in [1.29, 1.82) is 0 Å². The molecule has 2 aromatic heterocycles. The lowest BCUT2D eigenvalue weighted by Gasteiger charge is -2.06. The molecule has 0 aliphatic rings. The van der Waals surface area contributed by atoms with Crippen LogP contribution in [0.25, 0.3) is 11.0 Å². The summed E-state index contributed by atoms with van der Waals surface area (Å²) in [5.74, 6) is 0.291. The Hall–Kier alpha value is -3.56. The van der Waals surface area contributed by atoms with Crippen LogP contribution in [-0.4, -0.2) is 26.1 Å². The Kier molecular flexibility index (Phi) is 3.32. The van der Waals surface area contributed by atoms with E-state index in [9.17, 15) is 9.70 Å². The molecule has 0 radical (unpaired) electrons. The molecule has 0 aliphatic carbocycles. The van der Waals surface area contributed by atoms with E-state index in [1.54, 1.807) is 6.07 Å². The van der Waals surface area contributed by atoms with Gasteiger partial charge in [-0.1, -0.05) is 5.10 Å². The van der Waals surface area contributed by atoms with Gasteiger partial charge in [0.2, 0.25) is 0 Å². The van der Waals surface area contributed by atoms with Crippen LogP contribution in [0.5, 0.6) is 0 Å². The quantitative estimate of drug-likeness (QED) is 0.507. The van der Waals surface area contributed by atoms with Crippen molar-refractivity contribution in [3.8, 4) is 0 Å². The van der Waals surface area contributed by atoms with Crippen LogP contribution in [0, 0.1) is 4.91 Å². The summed E-state index contributed by atoms with van der Waals surface area (Å²) in [6, 6.07) is 4.12. The van der Waals surface area contributed by atoms with Crippen LogP contribution >= 0.6 is 0 Å². The molecule has 0 saturated carbocycles. The van der Waals surface area contributed by atoms with Gasteiger partial charge in [-0.05, 0) is 12.1 Å². The number of urea groups is 1. The molecule has 3 rings (SSSR count). The van der Waals surface area contributed by atoms with E-state index in [4.69, 9.17) is 5.73 Å². The number of benzene rings is 1. The molecule has 0 unspecified atom stereocenters. The highest BCUT2D eigenvalue weighted by Crippen LogP contribution is 2.14. The number of aromatic nitrogens is 5. The predicted molar refractivity (Wildman–Crippen MR) is 78.5 cm³/mol. The van der Waals surface area contributed by atoms with Crippen molar-refractivity contribution in [3.63, 3.8) is 0 Å². The minimum Gasteiger partial charge on any atom is -0.365 e. The van der Waals surface area contributed by atoms with E-state index in [1.165, 1.54) is 30.7 Å². The average molecular weight is 299 g/mol. The molecule has 1 aromatic carbocycles. The highest BCUT2D eigenvalue weighted by molar-refractivity contribution is 5.99. The van der Waals surface area contributed by atoms with Gasteiger partial charge in [-0.3, -0.25) is 10.3 Å². The number of nitrogens with two attached hydrogens (primary N) is 1. The Balaban J connectivity index is 1.82. The van der Waals surface area contributed by atoms with E-state index < -0.39 is 6.03 Å². The number of carbonyl (C=O) groups excluding carboxylic acids is 1. The number of H-pyrrole nitrogens is 1. The first-order valence-electron chi connectivity index (χ1n) is 6.18. The molecule has 0 saturated heterocycles. The summed E-state index contributed by atoms with van der Waals surface area (Å²) >= 11 is 0. The van der Waals surface area contributed by atoms with Crippen molar-refractivity contribution in [3.05, 3.63) is 41.7 Å². The summed E-state index contributed by atoms with van der Waals surface area (Å²) in [5, 5.41) is 7.44. The number of aromatic amines is 1. The highest BCUT2D eigenvalue weighted by Gasteiger charge is 2.11. The van der Waals surface area contributed by atoms with Gasteiger partial charge in [-0.15, -0.1) is 0 Å². The summed E-state index contributed by atoms with van der Waals surface area (Å²) in [5.41, 5.74) is 6.58. The third-order valence-electron chi connectivity index (χ3n) is 2.71. The van der Waals surface area contributed by atoms with E-state index in [2.05, 4.69) is 30.7 Å². The average Bonchev–Trinajstić information content (AvgIpc) is 2.47. The van der Waals surface area contributed by atoms with E-state index in [0.29, 0.717) is 27.1 Å². The van der Waals surface area contributed by atoms with Gasteiger partial charge in [0.15, 0.2) is 10.4 Å². The second-order valence-electron chi connectivity index (χ2n) is 4.28. The minimum atomic E-state index is -0.495. The first-order chi connectivity index (χ1) is 10.6. The number of amides is 2. The molecule has 0 spiro atoms. The fourth-order valence-electron chi connectivity index (χ4n) is 1.82. The highest BCUT2D eigenvalue weighted by atomic mass is 16.3. The standard InChI is InChI=1S/C12H10N8O2/c13-11-17-8-5-7(1-2-9(8)20(22)19-11)16-12(21)18-10-6-14-3-4-15-10/h1-6H,(H4-,13,15,16,17,18,19,21,22)/p+1. The predicted octanol–water partition coefficient (Wildman–Crippen LogP) is 0.494. The van der Waals surface area contributed by atoms with Crippen LogP contribution in [0.15, 0.2) is 36.8 Å². The summed E-state index contributed by atoms with van der Waals surface area (Å²) in [6.07, 6.45) is 4.37. The number of carbonyl (C=O) groups is 1. The molecule has 3 aromatic rings. The van der Waals surface area contributed by atoms with E-state index in [1.807, 2.05) is 0 Å². The van der Waals surface area contributed by atoms with E-state index in [-0.39, 0.29) is 5.95 Å². The third kappa shape index (κ3) is 2.80. The van der Waals surface area contributed by atoms with Gasteiger partial charge in [0.05, 0.1) is 11.1 Å². The number of nitrogen functional groups attached to an aromatic ring is 1. The van der Waals surface area contributed by atoms with Crippen molar-refractivity contribution < 1.29 is 9.34 Å². The second kappa shape index (κ2) is 5.44. The molecule has 10 nitrogen and oxygen atoms in total. The zero-order valence-corrected chi connectivity index (χ0v) is 11.1. The molecule has 2 heterocycles. The Morgan fingerprint density at radius 2 is 2.14 bits per heavy atom. The molecule has 110 valence electrons. The minimum absolute atomic E-state index is 0.0244. The Morgan fingerprint density at radius 1 is 1.27 bits per heavy atom. The largest absolute Gasteiger partial charge is 0.365 e. The third-order valence-corrected chi connectivity index (χ3v) is 2.71. The van der Waals surface area contributed by atoms with Crippen molar-refractivity contribution >= 4 is 34.5 Å². The number of fused-ring (bicyclic) bond motifs is 1. The van der Waals surface area contributed by atoms with Crippen LogP contribution in [0.2, 0.25) is 0 Å². The molecule has 22 heavy (non-hydrogen) atoms. The number of anilines is 3. The smallest absolute Gasteiger partial charge is 0.324 e. The lowest BCUT2D eigenvalue weighted by Crippen LogP contribution is -2.23. The lowest BCUT2D eigenvalue weighted by atomic mass is 10.2. The SMILES string of the molecule is Nc1nc2cc(NC(=O)Nc3cnccn3)ccc2[n+](=O)[nH]1. The van der Waals surface area contributed by atoms with Crippen LogP contribution in [0.4, 0.5) is 22.2 Å². The molecule has 2 amide bonds. The number of hydrogen-bond donors (Lipinski definition) is 4. The monoisotopic (exact) mass is 299 g/mol. The molecule has 0 bridgehead atoms. The van der Waals surface area contributed by atoms with Gasteiger partial charge >= 0.3 is 11.5 Å². The fourth-order valence-corrected chi connectivity index (χ4v) is 1.82. The van der Waals surface area contributed by atoms with E-state index in [0.717, 1.165) is 0 Å². The molecule has 0 aliphatic heterocycles. The van der Waals surface area contributed by atoms with Crippen LogP contribution in [0.3, 0.4) is 0 Å². The van der Waals surface area contributed by atoms with Gasteiger partial charge in [-0.25, -0.2) is 14.8 Å². The summed E-state index contributed by atoms with van der Waals surface area (Å²) in [4.78, 5) is 35.2. The zero-order valence-electron chi connectivity index (χ0n) is 11.1. The number of nitrogens with one attached hydrogen (secondary N) is 3. The lowest BCUT2D eigenvalue weighted by molar-refractivity contribution is -0.535. The molecule has 5 N–H and O–H groups in total. The Labute approximate surface area is 123 Å². The van der Waals surface area contributed by atoms with Gasteiger partial charge in [0, 0.05) is 24.1 Å². The fraction of sp³-hybridized carbons (Fsp3) is 0. The molecule has 0 fully saturated rings.